The maximum absolute atomic E-state index is 8.68. The molecule has 1 rings (SSSR count). The van der Waals surface area contributed by atoms with Crippen LogP contribution in [0.3, 0.4) is 0 Å². The van der Waals surface area contributed by atoms with Gasteiger partial charge >= 0.3 is 0 Å². The molecule has 0 aliphatic carbocycles. The summed E-state index contributed by atoms with van der Waals surface area (Å²) in [5, 5.41) is 20.4. The van der Waals surface area contributed by atoms with E-state index in [1.807, 2.05) is 30.3 Å². The van der Waals surface area contributed by atoms with Crippen molar-refractivity contribution in [3.8, 4) is 6.07 Å². The van der Waals surface area contributed by atoms with Crippen LogP contribution >= 0.6 is 0 Å². The van der Waals surface area contributed by atoms with Crippen molar-refractivity contribution in [2.45, 2.75) is 12.5 Å². The Labute approximate surface area is 84.0 Å². The zero-order chi connectivity index (χ0) is 10.2. The van der Waals surface area contributed by atoms with E-state index in [-0.39, 0.29) is 12.6 Å². The van der Waals surface area contributed by atoms with Crippen molar-refractivity contribution in [1.82, 2.24) is 5.32 Å². The maximum Gasteiger partial charge on any atom is 0.0641 e. The van der Waals surface area contributed by atoms with E-state index in [0.717, 1.165) is 5.56 Å². The van der Waals surface area contributed by atoms with Crippen LogP contribution in [0, 0.1) is 11.3 Å². The summed E-state index contributed by atoms with van der Waals surface area (Å²) in [6.45, 7) is 0.607. The molecular weight excluding hydrogens is 176 g/mol. The summed E-state index contributed by atoms with van der Waals surface area (Å²) in [7, 11) is 0. The SMILES string of the molecule is N#CCC(NCCO)c1ccccc1. The number of nitrogens with zero attached hydrogens (tertiary/aromatic N) is 1. The van der Waals surface area contributed by atoms with E-state index >= 15 is 0 Å². The van der Waals surface area contributed by atoms with Crippen molar-refractivity contribution in [3.63, 3.8) is 0 Å². The fourth-order valence-electron chi connectivity index (χ4n) is 1.32. The molecule has 2 N–H and O–H groups in total. The molecule has 0 radical (unpaired) electrons. The van der Waals surface area contributed by atoms with Crippen molar-refractivity contribution < 1.29 is 5.11 Å². The molecule has 0 saturated carbocycles. The average molecular weight is 190 g/mol. The van der Waals surface area contributed by atoms with Crippen molar-refractivity contribution in [2.75, 3.05) is 13.2 Å². The number of hydrogen-bond donors (Lipinski definition) is 2. The van der Waals surface area contributed by atoms with Gasteiger partial charge in [-0.25, -0.2) is 0 Å². The van der Waals surface area contributed by atoms with Gasteiger partial charge in [-0.3, -0.25) is 0 Å². The first kappa shape index (κ1) is 10.7. The number of benzene rings is 1. The molecule has 3 heteroatoms. The first-order valence-corrected chi connectivity index (χ1v) is 4.64. The highest BCUT2D eigenvalue weighted by Crippen LogP contribution is 2.14. The highest BCUT2D eigenvalue weighted by molar-refractivity contribution is 5.19. The molecule has 3 nitrogen and oxygen atoms in total. The highest BCUT2D eigenvalue weighted by Gasteiger charge is 2.08. The standard InChI is InChI=1S/C11H14N2O/c12-7-6-11(13-8-9-14)10-4-2-1-3-5-10/h1-5,11,13-14H,6,8-9H2. The minimum atomic E-state index is 0.0216. The van der Waals surface area contributed by atoms with Crippen LogP contribution in [0.15, 0.2) is 30.3 Å². The van der Waals surface area contributed by atoms with Gasteiger partial charge in [0.15, 0.2) is 0 Å². The molecule has 0 heterocycles. The van der Waals surface area contributed by atoms with Gasteiger partial charge in [-0.05, 0) is 5.56 Å². The van der Waals surface area contributed by atoms with Gasteiger partial charge in [0.1, 0.15) is 0 Å². The maximum atomic E-state index is 8.68. The molecule has 0 bridgehead atoms. The van der Waals surface area contributed by atoms with E-state index in [4.69, 9.17) is 10.4 Å². The van der Waals surface area contributed by atoms with Crippen molar-refractivity contribution in [2.24, 2.45) is 0 Å². The van der Waals surface area contributed by atoms with E-state index in [1.165, 1.54) is 0 Å². The highest BCUT2D eigenvalue weighted by atomic mass is 16.3. The normalized spacial score (nSPS) is 12.0. The van der Waals surface area contributed by atoms with Gasteiger partial charge in [-0.1, -0.05) is 30.3 Å². The third-order valence-electron chi connectivity index (χ3n) is 2.00. The number of hydrogen-bond acceptors (Lipinski definition) is 3. The van der Waals surface area contributed by atoms with Gasteiger partial charge in [0.05, 0.1) is 19.1 Å². The third-order valence-corrected chi connectivity index (χ3v) is 2.00. The summed E-state index contributed by atoms with van der Waals surface area (Å²) in [5.41, 5.74) is 1.09. The monoisotopic (exact) mass is 190 g/mol. The third kappa shape index (κ3) is 3.17. The van der Waals surface area contributed by atoms with Crippen LogP contribution in [-0.4, -0.2) is 18.3 Å². The Balaban J connectivity index is 2.63. The van der Waals surface area contributed by atoms with Crippen LogP contribution in [0.25, 0.3) is 0 Å². The molecule has 1 unspecified atom stereocenters. The van der Waals surface area contributed by atoms with Crippen LogP contribution in [0.5, 0.6) is 0 Å². The zero-order valence-electron chi connectivity index (χ0n) is 7.98. The molecule has 0 aliphatic heterocycles. The van der Waals surface area contributed by atoms with Gasteiger partial charge in [-0.2, -0.15) is 5.26 Å². The van der Waals surface area contributed by atoms with Gasteiger partial charge in [0, 0.05) is 12.6 Å². The lowest BCUT2D eigenvalue weighted by atomic mass is 10.0. The Hall–Kier alpha value is -1.37. The predicted octanol–water partition coefficient (Wildman–Crippen LogP) is 1.22. The summed E-state index contributed by atoms with van der Waals surface area (Å²) >= 11 is 0. The summed E-state index contributed by atoms with van der Waals surface area (Å²) in [6, 6.07) is 11.9. The van der Waals surface area contributed by atoms with Crippen molar-refractivity contribution >= 4 is 0 Å². The summed E-state index contributed by atoms with van der Waals surface area (Å²) in [6.07, 6.45) is 0.421. The summed E-state index contributed by atoms with van der Waals surface area (Å²) < 4.78 is 0. The second kappa shape index (κ2) is 6.14. The van der Waals surface area contributed by atoms with E-state index in [9.17, 15) is 0 Å². The predicted molar refractivity (Wildman–Crippen MR) is 54.5 cm³/mol. The first-order valence-electron chi connectivity index (χ1n) is 4.64. The lowest BCUT2D eigenvalue weighted by Crippen LogP contribution is -2.24. The molecule has 0 spiro atoms. The second-order valence-corrected chi connectivity index (χ2v) is 3.00. The minimum Gasteiger partial charge on any atom is -0.395 e. The molecule has 14 heavy (non-hydrogen) atoms. The Morgan fingerprint density at radius 1 is 1.36 bits per heavy atom. The van der Waals surface area contributed by atoms with Crippen LogP contribution in [0.2, 0.25) is 0 Å². The Bertz CT molecular complexity index is 292. The van der Waals surface area contributed by atoms with E-state index in [0.29, 0.717) is 13.0 Å². The number of aliphatic hydroxyl groups excluding tert-OH is 1. The topological polar surface area (TPSA) is 56.0 Å². The quantitative estimate of drug-likeness (QED) is 0.734. The molecule has 1 atom stereocenters. The number of rotatable bonds is 5. The fraction of sp³-hybridized carbons (Fsp3) is 0.364. The van der Waals surface area contributed by atoms with E-state index < -0.39 is 0 Å². The van der Waals surface area contributed by atoms with Gasteiger partial charge < -0.3 is 10.4 Å². The Kier molecular flexibility index (Phi) is 4.70. The van der Waals surface area contributed by atoms with E-state index in [1.54, 1.807) is 0 Å². The molecule has 0 aliphatic rings. The number of aliphatic hydroxyl groups is 1. The lowest BCUT2D eigenvalue weighted by molar-refractivity contribution is 0.284. The van der Waals surface area contributed by atoms with Crippen LogP contribution < -0.4 is 5.32 Å². The van der Waals surface area contributed by atoms with Crippen molar-refractivity contribution in [3.05, 3.63) is 35.9 Å². The minimum absolute atomic E-state index is 0.0216. The lowest BCUT2D eigenvalue weighted by Gasteiger charge is -2.15. The second-order valence-electron chi connectivity index (χ2n) is 3.00. The molecule has 74 valence electrons. The molecule has 1 aromatic carbocycles. The number of nitriles is 1. The van der Waals surface area contributed by atoms with Crippen LogP contribution in [0.1, 0.15) is 18.0 Å². The molecule has 1 aromatic rings. The molecule has 0 saturated heterocycles. The Morgan fingerprint density at radius 2 is 2.07 bits per heavy atom. The fourth-order valence-corrected chi connectivity index (χ4v) is 1.32. The molecular formula is C11H14N2O. The summed E-state index contributed by atoms with van der Waals surface area (Å²) in [5.74, 6) is 0. The van der Waals surface area contributed by atoms with E-state index in [2.05, 4.69) is 11.4 Å². The molecule has 0 fully saturated rings. The van der Waals surface area contributed by atoms with Gasteiger partial charge in [0.25, 0.3) is 0 Å². The van der Waals surface area contributed by atoms with Gasteiger partial charge in [-0.15, -0.1) is 0 Å². The molecule has 0 aromatic heterocycles. The molecule has 0 amide bonds. The smallest absolute Gasteiger partial charge is 0.0641 e. The van der Waals surface area contributed by atoms with Crippen LogP contribution in [-0.2, 0) is 0 Å². The largest absolute Gasteiger partial charge is 0.395 e. The van der Waals surface area contributed by atoms with Crippen LogP contribution in [0.4, 0.5) is 0 Å². The average Bonchev–Trinajstić information content (AvgIpc) is 2.25. The Morgan fingerprint density at radius 3 is 2.64 bits per heavy atom. The van der Waals surface area contributed by atoms with Gasteiger partial charge in [0.2, 0.25) is 0 Å². The summed E-state index contributed by atoms with van der Waals surface area (Å²) in [4.78, 5) is 0. The zero-order valence-corrected chi connectivity index (χ0v) is 7.98. The number of nitrogens with one attached hydrogen (secondary N) is 1. The first-order chi connectivity index (χ1) is 6.88. The van der Waals surface area contributed by atoms with Crippen molar-refractivity contribution in [1.29, 1.82) is 5.26 Å².